The second-order valence-corrected chi connectivity index (χ2v) is 8.64. The van der Waals surface area contributed by atoms with E-state index in [-0.39, 0.29) is 4.72 Å². The minimum absolute atomic E-state index is 0.208. The highest BCUT2D eigenvalue weighted by Crippen LogP contribution is 2.66. The highest BCUT2D eigenvalue weighted by Gasteiger charge is 2.98. The number of carboxylic acid groups (broad SMARTS) is 1. The van der Waals surface area contributed by atoms with E-state index in [9.17, 15) is 105 Å². The van der Waals surface area contributed by atoms with Crippen LogP contribution in [0.15, 0.2) is 0 Å². The Morgan fingerprint density at radius 1 is 0.487 bits per heavy atom. The van der Waals surface area contributed by atoms with Gasteiger partial charge in [-0.25, -0.2) is 8.42 Å². The Labute approximate surface area is 197 Å². The molecule has 0 saturated heterocycles. The molecule has 0 aromatic rings. The van der Waals surface area contributed by atoms with Gasteiger partial charge in [0, 0.05) is 0 Å². The summed E-state index contributed by atoms with van der Waals surface area (Å²) in [7, 11) is -7.78. The molecule has 5 nitrogen and oxygen atoms in total. The van der Waals surface area contributed by atoms with Gasteiger partial charge in [-0.3, -0.25) is 4.79 Å². The molecule has 0 atom stereocenters. The van der Waals surface area contributed by atoms with Crippen LogP contribution in [0.1, 0.15) is 0 Å². The molecule has 39 heavy (non-hydrogen) atoms. The van der Waals surface area contributed by atoms with Crippen LogP contribution in [0.5, 0.6) is 0 Å². The number of aliphatic carboxylic acids is 1. The fourth-order valence-corrected chi connectivity index (χ4v) is 2.92. The zero-order chi connectivity index (χ0) is 32.5. The molecule has 0 bridgehead atoms. The molecule has 0 radical (unpaired) electrons. The van der Waals surface area contributed by atoms with Gasteiger partial charge >= 0.3 is 64.8 Å². The van der Waals surface area contributed by atoms with E-state index in [1.165, 1.54) is 0 Å². The van der Waals surface area contributed by atoms with Crippen LogP contribution in [0.3, 0.4) is 0 Å². The molecule has 27 heteroatoms. The predicted molar refractivity (Wildman–Crippen MR) is 75.1 cm³/mol. The summed E-state index contributed by atoms with van der Waals surface area (Å²) in [5.74, 6) is -75.5. The highest BCUT2D eigenvalue weighted by atomic mass is 32.2. The molecular weight excluding hydrogens is 653 g/mol. The van der Waals surface area contributed by atoms with Gasteiger partial charge in [-0.15, -0.1) is 0 Å². The molecule has 0 fully saturated rings. The molecule has 0 heterocycles. The van der Waals surface area contributed by atoms with E-state index in [0.29, 0.717) is 0 Å². The minimum Gasteiger partial charge on any atom is -0.480 e. The maximum atomic E-state index is 13.6. The maximum absolute atomic E-state index is 13.6. The van der Waals surface area contributed by atoms with Gasteiger partial charge in [0.25, 0.3) is 10.0 Å². The second kappa shape index (κ2) is 9.22. The molecule has 0 saturated carbocycles. The van der Waals surface area contributed by atoms with Crippen LogP contribution in [0.2, 0.25) is 0 Å². The fourth-order valence-electron chi connectivity index (χ4n) is 1.96. The van der Waals surface area contributed by atoms with Gasteiger partial charge in [0.15, 0.2) is 0 Å². The Morgan fingerprint density at radius 3 is 0.949 bits per heavy atom. The first kappa shape index (κ1) is 36.9. The third-order valence-electron chi connectivity index (χ3n) is 4.23. The summed E-state index contributed by atoms with van der Waals surface area (Å²) in [5, 5.41) is 0.0175. The predicted octanol–water partition coefficient (Wildman–Crippen LogP) is 5.23. The Bertz CT molecular complexity index is 1050. The summed E-state index contributed by atoms with van der Waals surface area (Å²) < 4.78 is 298. The summed E-state index contributed by atoms with van der Waals surface area (Å²) in [6, 6.07) is 0. The number of carbonyl (C=O) groups is 1. The Kier molecular flexibility index (Phi) is 8.72. The first-order chi connectivity index (χ1) is 16.4. The molecule has 0 spiro atoms. The molecule has 0 aliphatic heterocycles. The number of hydrogen-bond acceptors (Lipinski definition) is 3. The smallest absolute Gasteiger partial charge is 0.460 e. The van der Waals surface area contributed by atoms with Crippen LogP contribution in [-0.4, -0.2) is 84.8 Å². The Hall–Kier alpha value is -2.09. The molecular formula is C12H4F21NO4S. The van der Waals surface area contributed by atoms with Crippen LogP contribution in [-0.2, 0) is 14.8 Å². The lowest BCUT2D eigenvalue weighted by Gasteiger charge is -2.44. The summed E-state index contributed by atoms with van der Waals surface area (Å²) in [5.41, 5.74) is 0. The summed E-state index contributed by atoms with van der Waals surface area (Å²) >= 11 is 0. The van der Waals surface area contributed by atoms with E-state index in [4.69, 9.17) is 5.11 Å². The quantitative estimate of drug-likeness (QED) is 0.282. The van der Waals surface area contributed by atoms with E-state index in [2.05, 4.69) is 0 Å². The highest BCUT2D eigenvalue weighted by molar-refractivity contribution is 7.90. The average molecular weight is 657 g/mol. The average Bonchev–Trinajstić information content (AvgIpc) is 2.70. The van der Waals surface area contributed by atoms with Crippen LogP contribution in [0.25, 0.3) is 0 Å². The molecule has 0 aromatic heterocycles. The topological polar surface area (TPSA) is 83.5 Å². The number of sulfonamides is 1. The summed E-state index contributed by atoms with van der Waals surface area (Å²) in [6.07, 6.45) is -8.11. The second-order valence-electron chi connectivity index (χ2n) is 6.83. The molecule has 2 N–H and O–H groups in total. The van der Waals surface area contributed by atoms with Gasteiger partial charge in [0.1, 0.15) is 6.54 Å². The molecule has 0 unspecified atom stereocenters. The van der Waals surface area contributed by atoms with E-state index >= 15 is 0 Å². The van der Waals surface area contributed by atoms with Crippen molar-refractivity contribution < 1.29 is 111 Å². The van der Waals surface area contributed by atoms with Gasteiger partial charge in [-0.05, 0) is 0 Å². The lowest BCUT2D eigenvalue weighted by Crippen LogP contribution is -2.77. The van der Waals surface area contributed by atoms with Crippen LogP contribution in [0.4, 0.5) is 92.2 Å². The van der Waals surface area contributed by atoms with Gasteiger partial charge in [-0.2, -0.15) is 96.9 Å². The van der Waals surface area contributed by atoms with Gasteiger partial charge in [0.2, 0.25) is 0 Å². The standard InChI is InChI=1S/C12H4F21NO4S/c13-3(14,5(17,18)7(21,22)9(25,26)11(29,30)31)4(15,16)6(19,20)8(23,24)10(27,28)12(32,33)39(37,38)34-1-2(35)36/h34H,1H2,(H,35,36). The van der Waals surface area contributed by atoms with E-state index in [1.807, 2.05) is 0 Å². The Balaban J connectivity index is 7.18. The van der Waals surface area contributed by atoms with E-state index < -0.39 is 81.3 Å². The van der Waals surface area contributed by atoms with Gasteiger partial charge < -0.3 is 5.11 Å². The van der Waals surface area contributed by atoms with Crippen LogP contribution < -0.4 is 4.72 Å². The van der Waals surface area contributed by atoms with E-state index in [0.717, 1.165) is 0 Å². The largest absolute Gasteiger partial charge is 0.480 e. The van der Waals surface area contributed by atoms with Crippen molar-refractivity contribution in [2.75, 3.05) is 6.54 Å². The van der Waals surface area contributed by atoms with E-state index in [1.54, 1.807) is 0 Å². The van der Waals surface area contributed by atoms with Crippen molar-refractivity contribution in [1.82, 2.24) is 4.72 Å². The zero-order valence-electron chi connectivity index (χ0n) is 16.7. The number of halogens is 21. The third-order valence-corrected chi connectivity index (χ3v) is 5.69. The lowest BCUT2D eigenvalue weighted by molar-refractivity contribution is -0.472. The molecule has 0 aromatic carbocycles. The summed E-state index contributed by atoms with van der Waals surface area (Å²) in [4.78, 5) is 10.1. The number of carboxylic acids is 1. The Morgan fingerprint density at radius 2 is 0.718 bits per heavy atom. The number of nitrogens with one attached hydrogen (secondary N) is 1. The molecule has 234 valence electrons. The summed E-state index contributed by atoms with van der Waals surface area (Å²) in [6.45, 7) is -2.49. The van der Waals surface area contributed by atoms with Gasteiger partial charge in [0.05, 0.1) is 0 Å². The molecule has 0 rings (SSSR count). The fraction of sp³-hybridized carbons (Fsp3) is 0.917. The van der Waals surface area contributed by atoms with Crippen molar-refractivity contribution in [2.45, 2.75) is 58.8 Å². The van der Waals surface area contributed by atoms with Crippen LogP contribution >= 0.6 is 0 Å². The van der Waals surface area contributed by atoms with Crippen molar-refractivity contribution in [2.24, 2.45) is 0 Å². The minimum atomic E-state index is -9.42. The van der Waals surface area contributed by atoms with Crippen molar-refractivity contribution in [3.8, 4) is 0 Å². The monoisotopic (exact) mass is 657 g/mol. The number of alkyl halides is 21. The SMILES string of the molecule is O=C(O)CNS(=O)(=O)C(F)(F)C(F)(F)C(F)(F)C(F)(F)C(F)(F)C(F)(F)C(F)(F)C(F)(F)C(F)(F)C(F)(F)F. The van der Waals surface area contributed by atoms with Crippen LogP contribution in [0, 0.1) is 0 Å². The van der Waals surface area contributed by atoms with Crippen molar-refractivity contribution in [3.63, 3.8) is 0 Å². The maximum Gasteiger partial charge on any atom is 0.460 e. The first-order valence-corrected chi connectivity index (χ1v) is 9.58. The lowest BCUT2D eigenvalue weighted by atomic mass is 9.87. The molecule has 0 aliphatic carbocycles. The number of hydrogen-bond donors (Lipinski definition) is 2. The first-order valence-electron chi connectivity index (χ1n) is 8.10. The third kappa shape index (κ3) is 4.68. The van der Waals surface area contributed by atoms with Crippen molar-refractivity contribution in [1.29, 1.82) is 0 Å². The van der Waals surface area contributed by atoms with Gasteiger partial charge in [-0.1, -0.05) is 0 Å². The molecule has 0 amide bonds. The van der Waals surface area contributed by atoms with Crippen molar-refractivity contribution >= 4 is 16.0 Å². The zero-order valence-corrected chi connectivity index (χ0v) is 17.5. The van der Waals surface area contributed by atoms with Crippen molar-refractivity contribution in [3.05, 3.63) is 0 Å². The normalized spacial score (nSPS) is 16.4. The molecule has 0 aliphatic rings. The number of rotatable bonds is 12.